The van der Waals surface area contributed by atoms with Gasteiger partial charge >= 0.3 is 6.18 Å². The Labute approximate surface area is 142 Å². The Balaban J connectivity index is 2.30. The minimum Gasteiger partial charge on any atom is -0.365 e. The Morgan fingerprint density at radius 3 is 2.48 bits per heavy atom. The fourth-order valence-electron chi connectivity index (χ4n) is 3.10. The molecule has 1 fully saturated rings. The van der Waals surface area contributed by atoms with Gasteiger partial charge in [0.1, 0.15) is 17.8 Å². The fraction of sp³-hybridized carbons (Fsp3) is 0.562. The van der Waals surface area contributed by atoms with Crippen molar-refractivity contribution in [2.24, 2.45) is 11.7 Å². The SMILES string of the molecule is C[C@@H]1CCCC[C@H]1NC(=O)Cn1c(C(F)(F)F)ccc(C(N)=O)c1=O. The maximum Gasteiger partial charge on any atom is 0.431 e. The van der Waals surface area contributed by atoms with Crippen molar-refractivity contribution in [2.45, 2.75) is 51.4 Å². The fourth-order valence-corrected chi connectivity index (χ4v) is 3.10. The molecular weight excluding hydrogens is 339 g/mol. The van der Waals surface area contributed by atoms with Gasteiger partial charge in [-0.3, -0.25) is 19.0 Å². The maximum absolute atomic E-state index is 13.1. The van der Waals surface area contributed by atoms with Gasteiger partial charge in [0.25, 0.3) is 11.5 Å². The Kier molecular flexibility index (Phi) is 5.54. The van der Waals surface area contributed by atoms with E-state index in [0.29, 0.717) is 6.07 Å². The number of alkyl halides is 3. The maximum atomic E-state index is 13.1. The molecule has 138 valence electrons. The van der Waals surface area contributed by atoms with Crippen LogP contribution in [0.25, 0.3) is 0 Å². The van der Waals surface area contributed by atoms with Crippen LogP contribution < -0.4 is 16.6 Å². The molecule has 0 aliphatic heterocycles. The van der Waals surface area contributed by atoms with E-state index in [4.69, 9.17) is 5.73 Å². The molecule has 0 saturated heterocycles. The van der Waals surface area contributed by atoms with Crippen molar-refractivity contribution in [3.63, 3.8) is 0 Å². The summed E-state index contributed by atoms with van der Waals surface area (Å²) in [7, 11) is 0. The van der Waals surface area contributed by atoms with Gasteiger partial charge in [-0.05, 0) is 30.9 Å². The molecule has 1 saturated carbocycles. The summed E-state index contributed by atoms with van der Waals surface area (Å²) in [6.07, 6.45) is -1.19. The predicted molar refractivity (Wildman–Crippen MR) is 83.8 cm³/mol. The second-order valence-corrected chi connectivity index (χ2v) is 6.32. The quantitative estimate of drug-likeness (QED) is 0.856. The molecule has 0 bridgehead atoms. The molecule has 1 aliphatic rings. The number of hydrogen-bond acceptors (Lipinski definition) is 3. The van der Waals surface area contributed by atoms with Gasteiger partial charge in [0.05, 0.1) is 0 Å². The molecule has 0 spiro atoms. The summed E-state index contributed by atoms with van der Waals surface area (Å²) >= 11 is 0. The summed E-state index contributed by atoms with van der Waals surface area (Å²) in [6, 6.07) is 1.17. The van der Waals surface area contributed by atoms with Crippen LogP contribution in [0.15, 0.2) is 16.9 Å². The Hall–Kier alpha value is -2.32. The summed E-state index contributed by atoms with van der Waals surface area (Å²) in [4.78, 5) is 35.5. The second-order valence-electron chi connectivity index (χ2n) is 6.32. The number of pyridine rings is 1. The number of nitrogens with zero attached hydrogens (tertiary/aromatic N) is 1. The van der Waals surface area contributed by atoms with Crippen molar-refractivity contribution in [3.05, 3.63) is 33.7 Å². The van der Waals surface area contributed by atoms with Gasteiger partial charge in [-0.1, -0.05) is 19.8 Å². The normalized spacial score (nSPS) is 21.0. The molecule has 0 aromatic carbocycles. The monoisotopic (exact) mass is 359 g/mol. The van der Waals surface area contributed by atoms with Gasteiger partial charge in [0, 0.05) is 6.04 Å². The number of amides is 2. The molecule has 1 heterocycles. The van der Waals surface area contributed by atoms with Crippen molar-refractivity contribution >= 4 is 11.8 Å². The number of aromatic nitrogens is 1. The number of hydrogen-bond donors (Lipinski definition) is 2. The molecular formula is C16H20F3N3O3. The summed E-state index contributed by atoms with van der Waals surface area (Å²) in [6.45, 7) is 1.14. The van der Waals surface area contributed by atoms with E-state index < -0.39 is 41.4 Å². The van der Waals surface area contributed by atoms with Gasteiger partial charge in [-0.25, -0.2) is 0 Å². The van der Waals surface area contributed by atoms with Crippen LogP contribution in [0.4, 0.5) is 13.2 Å². The highest BCUT2D eigenvalue weighted by atomic mass is 19.4. The van der Waals surface area contributed by atoms with Crippen LogP contribution in [0, 0.1) is 5.92 Å². The van der Waals surface area contributed by atoms with E-state index in [1.165, 1.54) is 0 Å². The third-order valence-electron chi connectivity index (χ3n) is 4.49. The number of halogens is 3. The largest absolute Gasteiger partial charge is 0.431 e. The predicted octanol–water partition coefficient (Wildman–Crippen LogP) is 1.66. The Morgan fingerprint density at radius 2 is 1.92 bits per heavy atom. The second kappa shape index (κ2) is 7.28. The number of carbonyl (C=O) groups is 2. The third kappa shape index (κ3) is 4.40. The summed E-state index contributed by atoms with van der Waals surface area (Å²) < 4.78 is 39.6. The first-order valence-corrected chi connectivity index (χ1v) is 8.01. The van der Waals surface area contributed by atoms with Crippen LogP contribution in [0.3, 0.4) is 0 Å². The van der Waals surface area contributed by atoms with E-state index in [0.717, 1.165) is 31.7 Å². The van der Waals surface area contributed by atoms with E-state index >= 15 is 0 Å². The third-order valence-corrected chi connectivity index (χ3v) is 4.49. The first-order valence-electron chi connectivity index (χ1n) is 8.01. The van der Waals surface area contributed by atoms with Crippen molar-refractivity contribution < 1.29 is 22.8 Å². The van der Waals surface area contributed by atoms with Crippen LogP contribution in [0.1, 0.15) is 48.7 Å². The lowest BCUT2D eigenvalue weighted by Crippen LogP contribution is -2.45. The average molecular weight is 359 g/mol. The van der Waals surface area contributed by atoms with Crippen molar-refractivity contribution in [2.75, 3.05) is 0 Å². The molecule has 1 aliphatic carbocycles. The number of rotatable bonds is 4. The number of nitrogens with two attached hydrogens (primary N) is 1. The van der Waals surface area contributed by atoms with Crippen LogP contribution in [0.5, 0.6) is 0 Å². The molecule has 3 N–H and O–H groups in total. The molecule has 0 unspecified atom stereocenters. The highest BCUT2D eigenvalue weighted by Crippen LogP contribution is 2.28. The number of primary amides is 1. The van der Waals surface area contributed by atoms with Crippen molar-refractivity contribution in [3.8, 4) is 0 Å². The van der Waals surface area contributed by atoms with Gasteiger partial charge in [0.2, 0.25) is 5.91 Å². The van der Waals surface area contributed by atoms with Gasteiger partial charge in [-0.15, -0.1) is 0 Å². The highest BCUT2D eigenvalue weighted by Gasteiger charge is 2.36. The molecule has 2 rings (SSSR count). The van der Waals surface area contributed by atoms with Crippen LogP contribution >= 0.6 is 0 Å². The van der Waals surface area contributed by atoms with Crippen molar-refractivity contribution in [1.29, 1.82) is 0 Å². The van der Waals surface area contributed by atoms with Crippen molar-refractivity contribution in [1.82, 2.24) is 9.88 Å². The Bertz CT molecular complexity index is 728. The van der Waals surface area contributed by atoms with E-state index in [2.05, 4.69) is 5.32 Å². The smallest absolute Gasteiger partial charge is 0.365 e. The lowest BCUT2D eigenvalue weighted by molar-refractivity contribution is -0.144. The summed E-state index contributed by atoms with van der Waals surface area (Å²) in [5, 5.41) is 2.69. The zero-order chi connectivity index (χ0) is 18.8. The number of carbonyl (C=O) groups excluding carboxylic acids is 2. The summed E-state index contributed by atoms with van der Waals surface area (Å²) in [5.74, 6) is -1.63. The van der Waals surface area contributed by atoms with Crippen LogP contribution in [-0.4, -0.2) is 22.4 Å². The molecule has 0 radical (unpaired) electrons. The average Bonchev–Trinajstić information content (AvgIpc) is 2.50. The van der Waals surface area contributed by atoms with E-state index in [9.17, 15) is 27.6 Å². The van der Waals surface area contributed by atoms with Crippen LogP contribution in [-0.2, 0) is 17.5 Å². The van der Waals surface area contributed by atoms with Gasteiger partial charge in [-0.2, -0.15) is 13.2 Å². The molecule has 1 aromatic rings. The van der Waals surface area contributed by atoms with Gasteiger partial charge in [0.15, 0.2) is 0 Å². The molecule has 6 nitrogen and oxygen atoms in total. The molecule has 1 aromatic heterocycles. The Morgan fingerprint density at radius 1 is 1.28 bits per heavy atom. The van der Waals surface area contributed by atoms with E-state index in [-0.39, 0.29) is 16.5 Å². The highest BCUT2D eigenvalue weighted by molar-refractivity contribution is 5.92. The first-order chi connectivity index (χ1) is 11.6. The minimum atomic E-state index is -4.84. The zero-order valence-electron chi connectivity index (χ0n) is 13.7. The standard InChI is InChI=1S/C16H20F3N3O3/c1-9-4-2-3-5-11(9)21-13(23)8-22-12(16(17,18)19)7-6-10(14(20)24)15(22)25/h6-7,9,11H,2-5,8H2,1H3,(H2,20,24)(H,21,23)/t9-,11-/m1/s1. The number of nitrogens with one attached hydrogen (secondary N) is 1. The molecule has 9 heteroatoms. The molecule has 2 amide bonds. The lowest BCUT2D eigenvalue weighted by Gasteiger charge is -2.29. The minimum absolute atomic E-state index is 0.134. The lowest BCUT2D eigenvalue weighted by atomic mass is 9.86. The van der Waals surface area contributed by atoms with E-state index in [1.54, 1.807) is 0 Å². The van der Waals surface area contributed by atoms with E-state index in [1.807, 2.05) is 6.92 Å². The van der Waals surface area contributed by atoms with Gasteiger partial charge < -0.3 is 11.1 Å². The topological polar surface area (TPSA) is 94.2 Å². The molecule has 2 atom stereocenters. The first kappa shape index (κ1) is 19.0. The zero-order valence-corrected chi connectivity index (χ0v) is 13.7. The molecule has 25 heavy (non-hydrogen) atoms. The van der Waals surface area contributed by atoms with Crippen LogP contribution in [0.2, 0.25) is 0 Å². The summed E-state index contributed by atoms with van der Waals surface area (Å²) in [5.41, 5.74) is 1.89.